The van der Waals surface area contributed by atoms with E-state index in [1.807, 2.05) is 37.9 Å². The van der Waals surface area contributed by atoms with E-state index in [1.165, 1.54) is 6.07 Å². The summed E-state index contributed by atoms with van der Waals surface area (Å²) in [5.74, 6) is -0.306. The van der Waals surface area contributed by atoms with Crippen LogP contribution < -0.4 is 0 Å². The highest BCUT2D eigenvalue weighted by Crippen LogP contribution is 2.31. The van der Waals surface area contributed by atoms with Crippen molar-refractivity contribution in [2.45, 2.75) is 20.3 Å². The Morgan fingerprint density at radius 2 is 1.96 bits per heavy atom. The van der Waals surface area contributed by atoms with Crippen molar-refractivity contribution >= 4 is 35.2 Å². The maximum absolute atomic E-state index is 13.9. The van der Waals surface area contributed by atoms with E-state index in [9.17, 15) is 4.39 Å². The summed E-state index contributed by atoms with van der Waals surface area (Å²) in [5.41, 5.74) is 3.12. The molecule has 2 rings (SSSR count). The summed E-state index contributed by atoms with van der Waals surface area (Å²) in [6, 6.07) is 8.45. The van der Waals surface area contributed by atoms with Crippen molar-refractivity contribution in [1.29, 1.82) is 0 Å². The lowest BCUT2D eigenvalue weighted by Crippen LogP contribution is -2.14. The van der Waals surface area contributed by atoms with E-state index in [-0.39, 0.29) is 5.82 Å². The molecule has 122 valence electrons. The van der Waals surface area contributed by atoms with Crippen LogP contribution in [0.15, 0.2) is 35.3 Å². The number of benzene rings is 2. The Hall–Kier alpha value is -1.58. The molecule has 0 aliphatic heterocycles. The maximum Gasteiger partial charge on any atom is 0.128 e. The Morgan fingerprint density at radius 1 is 1.22 bits per heavy atom. The molecule has 0 amide bonds. The van der Waals surface area contributed by atoms with E-state index < -0.39 is 0 Å². The molecular formula is C18H19Cl2FN2. The van der Waals surface area contributed by atoms with Gasteiger partial charge in [0.15, 0.2) is 0 Å². The zero-order chi connectivity index (χ0) is 17.0. The summed E-state index contributed by atoms with van der Waals surface area (Å²) in [6.45, 7) is 4.87. The van der Waals surface area contributed by atoms with Gasteiger partial charge in [0.25, 0.3) is 0 Å². The molecule has 0 aliphatic rings. The minimum atomic E-state index is -0.306. The number of rotatable bonds is 5. The summed E-state index contributed by atoms with van der Waals surface area (Å²) < 4.78 is 13.9. The van der Waals surface area contributed by atoms with Gasteiger partial charge in [-0.25, -0.2) is 9.38 Å². The molecule has 23 heavy (non-hydrogen) atoms. The van der Waals surface area contributed by atoms with E-state index in [0.717, 1.165) is 17.7 Å². The predicted molar refractivity (Wildman–Crippen MR) is 96.9 cm³/mol. The smallest absolute Gasteiger partial charge is 0.128 e. The fraction of sp³-hybridized carbons (Fsp3) is 0.278. The molecule has 2 aromatic rings. The molecule has 0 aromatic heterocycles. The van der Waals surface area contributed by atoms with Gasteiger partial charge in [0, 0.05) is 30.6 Å². The molecule has 0 saturated carbocycles. The topological polar surface area (TPSA) is 15.6 Å². The van der Waals surface area contributed by atoms with Gasteiger partial charge in [-0.3, -0.25) is 0 Å². The largest absolute Gasteiger partial charge is 0.366 e. The molecule has 5 heteroatoms. The minimum absolute atomic E-state index is 0.306. The maximum atomic E-state index is 13.9. The standard InChI is InChI=1S/C18H19Cl2FN2/c1-4-23(3)11-22-18-8-12(2)13(10-16(18)20)9-14-15(19)6-5-7-17(14)21/h5-8,10-11H,4,9H2,1-3H3. The average Bonchev–Trinajstić information content (AvgIpc) is 2.52. The molecule has 2 nitrogen and oxygen atoms in total. The lowest BCUT2D eigenvalue weighted by Gasteiger charge is -2.12. The van der Waals surface area contributed by atoms with Crippen molar-refractivity contribution in [3.63, 3.8) is 0 Å². The third-order valence-electron chi connectivity index (χ3n) is 3.73. The van der Waals surface area contributed by atoms with Gasteiger partial charge in [0.2, 0.25) is 0 Å². The van der Waals surface area contributed by atoms with Crippen LogP contribution in [0, 0.1) is 12.7 Å². The molecule has 0 unspecified atom stereocenters. The summed E-state index contributed by atoms with van der Waals surface area (Å²) in [6.07, 6.45) is 2.14. The molecule has 0 heterocycles. The molecule has 0 N–H and O–H groups in total. The number of nitrogens with zero attached hydrogens (tertiary/aromatic N) is 2. The quantitative estimate of drug-likeness (QED) is 0.501. The fourth-order valence-electron chi connectivity index (χ4n) is 2.13. The molecule has 0 aliphatic carbocycles. The summed E-state index contributed by atoms with van der Waals surface area (Å²) in [4.78, 5) is 6.35. The summed E-state index contributed by atoms with van der Waals surface area (Å²) >= 11 is 12.4. The van der Waals surface area contributed by atoms with Gasteiger partial charge in [-0.05, 0) is 49.2 Å². The number of aryl methyl sites for hydroxylation is 1. The normalized spacial score (nSPS) is 11.2. The second-order valence-electron chi connectivity index (χ2n) is 5.42. The zero-order valence-corrected chi connectivity index (χ0v) is 14.9. The van der Waals surface area contributed by atoms with Crippen molar-refractivity contribution in [3.05, 3.63) is 62.9 Å². The van der Waals surface area contributed by atoms with Gasteiger partial charge >= 0.3 is 0 Å². The molecule has 0 saturated heterocycles. The van der Waals surface area contributed by atoms with Crippen LogP contribution in [0.1, 0.15) is 23.6 Å². The van der Waals surface area contributed by atoms with Crippen LogP contribution >= 0.6 is 23.2 Å². The molecule has 0 spiro atoms. The molecule has 0 atom stereocenters. The van der Waals surface area contributed by atoms with Crippen molar-refractivity contribution < 1.29 is 4.39 Å². The van der Waals surface area contributed by atoms with Crippen LogP contribution in [-0.4, -0.2) is 24.8 Å². The lowest BCUT2D eigenvalue weighted by molar-refractivity contribution is 0.552. The number of hydrogen-bond acceptors (Lipinski definition) is 1. The third-order valence-corrected chi connectivity index (χ3v) is 4.38. The highest BCUT2D eigenvalue weighted by molar-refractivity contribution is 6.33. The van der Waals surface area contributed by atoms with Crippen molar-refractivity contribution in [2.24, 2.45) is 4.99 Å². The second-order valence-corrected chi connectivity index (χ2v) is 6.24. The predicted octanol–water partition coefficient (Wildman–Crippen LogP) is 5.64. The van der Waals surface area contributed by atoms with E-state index in [1.54, 1.807) is 18.5 Å². The SMILES string of the molecule is CCN(C)C=Nc1cc(C)c(Cc2c(F)cccc2Cl)cc1Cl. The van der Waals surface area contributed by atoms with Crippen LogP contribution in [0.2, 0.25) is 10.0 Å². The van der Waals surface area contributed by atoms with E-state index in [4.69, 9.17) is 23.2 Å². The highest BCUT2D eigenvalue weighted by Gasteiger charge is 2.11. The monoisotopic (exact) mass is 352 g/mol. The number of hydrogen-bond donors (Lipinski definition) is 0. The first-order valence-electron chi connectivity index (χ1n) is 7.38. The van der Waals surface area contributed by atoms with Gasteiger partial charge in [0.05, 0.1) is 17.0 Å². The first-order valence-corrected chi connectivity index (χ1v) is 8.14. The Morgan fingerprint density at radius 3 is 2.61 bits per heavy atom. The van der Waals surface area contributed by atoms with Crippen LogP contribution in [0.5, 0.6) is 0 Å². The van der Waals surface area contributed by atoms with E-state index >= 15 is 0 Å². The second kappa shape index (κ2) is 7.80. The molecular weight excluding hydrogens is 334 g/mol. The van der Waals surface area contributed by atoms with E-state index in [0.29, 0.717) is 27.7 Å². The first-order chi connectivity index (χ1) is 10.9. The number of halogens is 3. The number of aliphatic imine (C=N–C) groups is 1. The third kappa shape index (κ3) is 4.46. The van der Waals surface area contributed by atoms with Crippen LogP contribution in [-0.2, 0) is 6.42 Å². The summed E-state index contributed by atoms with van der Waals surface area (Å²) in [5, 5.41) is 0.964. The molecule has 0 fully saturated rings. The molecule has 0 bridgehead atoms. The van der Waals surface area contributed by atoms with Crippen molar-refractivity contribution in [3.8, 4) is 0 Å². The van der Waals surface area contributed by atoms with Gasteiger partial charge in [-0.2, -0.15) is 0 Å². The van der Waals surface area contributed by atoms with Gasteiger partial charge in [-0.1, -0.05) is 29.3 Å². The lowest BCUT2D eigenvalue weighted by atomic mass is 9.99. The Balaban J connectivity index is 2.32. The fourth-order valence-corrected chi connectivity index (χ4v) is 2.60. The Kier molecular flexibility index (Phi) is 6.03. The van der Waals surface area contributed by atoms with Crippen LogP contribution in [0.25, 0.3) is 0 Å². The minimum Gasteiger partial charge on any atom is -0.366 e. The Labute approximate surface area is 146 Å². The highest BCUT2D eigenvalue weighted by atomic mass is 35.5. The zero-order valence-electron chi connectivity index (χ0n) is 13.4. The van der Waals surface area contributed by atoms with Crippen molar-refractivity contribution in [2.75, 3.05) is 13.6 Å². The summed E-state index contributed by atoms with van der Waals surface area (Å²) in [7, 11) is 1.94. The molecule has 2 aromatic carbocycles. The van der Waals surface area contributed by atoms with Crippen LogP contribution in [0.4, 0.5) is 10.1 Å². The van der Waals surface area contributed by atoms with Gasteiger partial charge in [0.1, 0.15) is 5.82 Å². The van der Waals surface area contributed by atoms with Crippen molar-refractivity contribution in [1.82, 2.24) is 4.90 Å². The van der Waals surface area contributed by atoms with Gasteiger partial charge in [-0.15, -0.1) is 0 Å². The van der Waals surface area contributed by atoms with E-state index in [2.05, 4.69) is 4.99 Å². The average molecular weight is 353 g/mol. The van der Waals surface area contributed by atoms with Gasteiger partial charge < -0.3 is 4.90 Å². The van der Waals surface area contributed by atoms with Crippen LogP contribution in [0.3, 0.4) is 0 Å². The molecule has 0 radical (unpaired) electrons. The first kappa shape index (κ1) is 17.8. The Bertz CT molecular complexity index is 709.